The van der Waals surface area contributed by atoms with E-state index in [1.54, 1.807) is 13.8 Å². The van der Waals surface area contributed by atoms with E-state index in [0.717, 1.165) is 10.6 Å². The Morgan fingerprint density at radius 3 is 2.07 bits per heavy atom. The molecule has 0 fully saturated rings. The van der Waals surface area contributed by atoms with Gasteiger partial charge >= 0.3 is 5.97 Å². The molecule has 2 atom stereocenters. The molecule has 2 aliphatic rings. The third-order valence-corrected chi connectivity index (χ3v) is 4.82. The zero-order chi connectivity index (χ0) is 22.2. The van der Waals surface area contributed by atoms with E-state index in [1.807, 2.05) is 24.3 Å². The minimum absolute atomic E-state index is 0.00869. The Balaban J connectivity index is 1.74. The van der Waals surface area contributed by atoms with Crippen molar-refractivity contribution < 1.29 is 19.5 Å². The SMILES string of the molecule is CC1=NN(CC(=O)O)C(=O)C1N=NC1C(=O)N(c2ccc(C(C)(C)C)cc2)N=C1C. The first-order chi connectivity index (χ1) is 14.0. The fourth-order valence-electron chi connectivity index (χ4n) is 3.10. The lowest BCUT2D eigenvalue weighted by atomic mass is 9.87. The zero-order valence-electron chi connectivity index (χ0n) is 17.5. The standard InChI is InChI=1S/C20H24N6O4/c1-11-16(18(29)25(23-11)10-15(27)28)21-22-17-12(2)24-26(19(17)30)14-8-6-13(7-9-14)20(3,4)5/h6-9,16-17H,10H2,1-5H3,(H,27,28). The highest BCUT2D eigenvalue weighted by Crippen LogP contribution is 2.27. The number of carboxylic acids is 1. The number of aliphatic carboxylic acids is 1. The number of rotatable bonds is 5. The molecule has 0 radical (unpaired) electrons. The predicted molar refractivity (Wildman–Crippen MR) is 111 cm³/mol. The van der Waals surface area contributed by atoms with E-state index in [0.29, 0.717) is 17.1 Å². The summed E-state index contributed by atoms with van der Waals surface area (Å²) >= 11 is 0. The summed E-state index contributed by atoms with van der Waals surface area (Å²) in [4.78, 5) is 35.9. The lowest BCUT2D eigenvalue weighted by Crippen LogP contribution is -2.34. The van der Waals surface area contributed by atoms with Gasteiger partial charge in [-0.15, -0.1) is 0 Å². The summed E-state index contributed by atoms with van der Waals surface area (Å²) in [6.45, 7) is 8.99. The summed E-state index contributed by atoms with van der Waals surface area (Å²) in [5, 5.41) is 27.2. The fraction of sp³-hybridized carbons (Fsp3) is 0.450. The second-order valence-electron chi connectivity index (χ2n) is 8.26. The van der Waals surface area contributed by atoms with E-state index < -0.39 is 30.5 Å². The van der Waals surface area contributed by atoms with Crippen molar-refractivity contribution in [1.29, 1.82) is 0 Å². The van der Waals surface area contributed by atoms with Crippen LogP contribution in [0.1, 0.15) is 40.2 Å². The molecule has 2 unspecified atom stereocenters. The molecule has 1 aromatic carbocycles. The van der Waals surface area contributed by atoms with Gasteiger partial charge in [0, 0.05) is 0 Å². The quantitative estimate of drug-likeness (QED) is 0.744. The smallest absolute Gasteiger partial charge is 0.325 e. The van der Waals surface area contributed by atoms with Crippen LogP contribution in [0, 0.1) is 0 Å². The molecule has 0 aromatic heterocycles. The highest BCUT2D eigenvalue weighted by atomic mass is 16.4. The Bertz CT molecular complexity index is 974. The molecule has 1 aromatic rings. The lowest BCUT2D eigenvalue weighted by molar-refractivity contribution is -0.143. The monoisotopic (exact) mass is 412 g/mol. The van der Waals surface area contributed by atoms with Gasteiger partial charge in [0.05, 0.1) is 17.1 Å². The van der Waals surface area contributed by atoms with Gasteiger partial charge in [-0.25, -0.2) is 5.01 Å². The van der Waals surface area contributed by atoms with Crippen molar-refractivity contribution in [3.05, 3.63) is 29.8 Å². The molecule has 2 aliphatic heterocycles. The van der Waals surface area contributed by atoms with Gasteiger partial charge in [0.2, 0.25) is 0 Å². The van der Waals surface area contributed by atoms with Crippen LogP contribution in [-0.2, 0) is 19.8 Å². The number of carboxylic acid groups (broad SMARTS) is 1. The van der Waals surface area contributed by atoms with Crippen molar-refractivity contribution in [3.63, 3.8) is 0 Å². The molecule has 0 aliphatic carbocycles. The molecule has 1 N–H and O–H groups in total. The van der Waals surface area contributed by atoms with Crippen LogP contribution < -0.4 is 5.01 Å². The molecule has 0 saturated carbocycles. The van der Waals surface area contributed by atoms with Crippen LogP contribution >= 0.6 is 0 Å². The first-order valence-corrected chi connectivity index (χ1v) is 9.47. The van der Waals surface area contributed by atoms with E-state index >= 15 is 0 Å². The van der Waals surface area contributed by atoms with Crippen molar-refractivity contribution in [2.45, 2.75) is 52.1 Å². The number of hydrogen-bond acceptors (Lipinski definition) is 7. The summed E-state index contributed by atoms with van der Waals surface area (Å²) in [6, 6.07) is 5.59. The summed E-state index contributed by atoms with van der Waals surface area (Å²) in [6.07, 6.45) is 0. The first-order valence-electron chi connectivity index (χ1n) is 9.47. The van der Waals surface area contributed by atoms with E-state index in [4.69, 9.17) is 5.11 Å². The van der Waals surface area contributed by atoms with Crippen LogP contribution in [0.4, 0.5) is 5.69 Å². The van der Waals surface area contributed by atoms with Crippen molar-refractivity contribution in [1.82, 2.24) is 5.01 Å². The van der Waals surface area contributed by atoms with Crippen LogP contribution in [0.5, 0.6) is 0 Å². The minimum atomic E-state index is -1.18. The van der Waals surface area contributed by atoms with E-state index in [2.05, 4.69) is 41.2 Å². The van der Waals surface area contributed by atoms with Gasteiger partial charge in [0.15, 0.2) is 12.1 Å². The number of hydrazone groups is 2. The van der Waals surface area contributed by atoms with Crippen molar-refractivity contribution in [2.24, 2.45) is 20.4 Å². The Labute approximate surface area is 174 Å². The largest absolute Gasteiger partial charge is 0.480 e. The Kier molecular flexibility index (Phi) is 5.51. The number of benzene rings is 1. The number of anilines is 1. The van der Waals surface area contributed by atoms with E-state index in [1.165, 1.54) is 5.01 Å². The van der Waals surface area contributed by atoms with E-state index in [-0.39, 0.29) is 11.3 Å². The number of carbonyl (C=O) groups is 3. The Morgan fingerprint density at radius 1 is 1.00 bits per heavy atom. The number of nitrogens with zero attached hydrogens (tertiary/aromatic N) is 6. The maximum atomic E-state index is 12.8. The molecule has 30 heavy (non-hydrogen) atoms. The molecular weight excluding hydrogens is 388 g/mol. The number of hydrogen-bond donors (Lipinski definition) is 1. The molecule has 3 rings (SSSR count). The minimum Gasteiger partial charge on any atom is -0.480 e. The maximum absolute atomic E-state index is 12.8. The van der Waals surface area contributed by atoms with Gasteiger partial charge in [0.25, 0.3) is 11.8 Å². The van der Waals surface area contributed by atoms with Gasteiger partial charge in [-0.05, 0) is 37.0 Å². The second kappa shape index (κ2) is 7.77. The molecule has 10 nitrogen and oxygen atoms in total. The average Bonchev–Trinajstić information content (AvgIpc) is 3.08. The first kappa shape index (κ1) is 21.3. The summed E-state index contributed by atoms with van der Waals surface area (Å²) < 4.78 is 0. The molecular formula is C20H24N6O4. The van der Waals surface area contributed by atoms with Crippen LogP contribution in [0.2, 0.25) is 0 Å². The molecule has 10 heteroatoms. The topological polar surface area (TPSA) is 127 Å². The molecule has 0 bridgehead atoms. The summed E-state index contributed by atoms with van der Waals surface area (Å²) in [5.74, 6) is -2.14. The normalized spacial score (nSPS) is 22.2. The molecule has 0 spiro atoms. The summed E-state index contributed by atoms with van der Waals surface area (Å²) in [7, 11) is 0. The highest BCUT2D eigenvalue weighted by Gasteiger charge is 2.38. The zero-order valence-corrected chi connectivity index (χ0v) is 17.5. The molecule has 2 amide bonds. The fourth-order valence-corrected chi connectivity index (χ4v) is 3.10. The second-order valence-corrected chi connectivity index (χ2v) is 8.26. The molecule has 158 valence electrons. The van der Waals surface area contributed by atoms with Crippen molar-refractivity contribution >= 4 is 34.9 Å². The molecule has 2 heterocycles. The van der Waals surface area contributed by atoms with Gasteiger partial charge in [-0.2, -0.15) is 25.4 Å². The Morgan fingerprint density at radius 2 is 1.53 bits per heavy atom. The van der Waals surface area contributed by atoms with Gasteiger partial charge < -0.3 is 5.11 Å². The maximum Gasteiger partial charge on any atom is 0.325 e. The van der Waals surface area contributed by atoms with E-state index in [9.17, 15) is 14.4 Å². The van der Waals surface area contributed by atoms with Crippen LogP contribution in [0.3, 0.4) is 0 Å². The summed E-state index contributed by atoms with van der Waals surface area (Å²) in [5.41, 5.74) is 2.51. The van der Waals surface area contributed by atoms with Crippen LogP contribution in [0.15, 0.2) is 44.7 Å². The number of carbonyl (C=O) groups excluding carboxylic acids is 2. The van der Waals surface area contributed by atoms with Crippen LogP contribution in [0.25, 0.3) is 0 Å². The average molecular weight is 412 g/mol. The predicted octanol–water partition coefficient (Wildman–Crippen LogP) is 2.20. The molecule has 0 saturated heterocycles. The Hall–Kier alpha value is -3.43. The third kappa shape index (κ3) is 4.12. The van der Waals surface area contributed by atoms with Crippen LogP contribution in [-0.4, -0.2) is 58.0 Å². The highest BCUT2D eigenvalue weighted by molar-refractivity contribution is 6.18. The van der Waals surface area contributed by atoms with Gasteiger partial charge in [-0.3, -0.25) is 14.4 Å². The third-order valence-electron chi connectivity index (χ3n) is 4.82. The number of amides is 2. The van der Waals surface area contributed by atoms with Gasteiger partial charge in [0.1, 0.15) is 6.54 Å². The van der Waals surface area contributed by atoms with Crippen molar-refractivity contribution in [2.75, 3.05) is 11.6 Å². The lowest BCUT2D eigenvalue weighted by Gasteiger charge is -2.20. The van der Waals surface area contributed by atoms with Gasteiger partial charge in [-0.1, -0.05) is 32.9 Å². The number of azo groups is 1. The van der Waals surface area contributed by atoms with Crippen molar-refractivity contribution in [3.8, 4) is 0 Å².